The van der Waals surface area contributed by atoms with Crippen LogP contribution in [0, 0.1) is 11.6 Å². The molecule has 22 heavy (non-hydrogen) atoms. The highest BCUT2D eigenvalue weighted by Gasteiger charge is 2.19. The molecule has 1 amide bonds. The summed E-state index contributed by atoms with van der Waals surface area (Å²) in [7, 11) is 0. The molecule has 0 aliphatic carbocycles. The minimum Gasteiger partial charge on any atom is -0.481 e. The number of carbonyl (C=O) groups is 2. The summed E-state index contributed by atoms with van der Waals surface area (Å²) >= 11 is 0. The van der Waals surface area contributed by atoms with Gasteiger partial charge in [0.1, 0.15) is 11.6 Å². The van der Waals surface area contributed by atoms with Crippen LogP contribution in [0.4, 0.5) is 14.5 Å². The van der Waals surface area contributed by atoms with E-state index in [4.69, 9.17) is 5.11 Å². The van der Waals surface area contributed by atoms with Crippen LogP contribution in [0.15, 0.2) is 48.5 Å². The fourth-order valence-corrected chi connectivity index (χ4v) is 1.95. The van der Waals surface area contributed by atoms with Crippen LogP contribution in [-0.2, 0) is 4.79 Å². The van der Waals surface area contributed by atoms with Crippen LogP contribution in [0.3, 0.4) is 0 Å². The van der Waals surface area contributed by atoms with Crippen LogP contribution in [0.2, 0.25) is 0 Å². The molecular weight excluding hydrogens is 292 g/mol. The van der Waals surface area contributed by atoms with Gasteiger partial charge in [-0.3, -0.25) is 9.59 Å². The van der Waals surface area contributed by atoms with Gasteiger partial charge >= 0.3 is 5.97 Å². The van der Waals surface area contributed by atoms with Gasteiger partial charge in [0.25, 0.3) is 5.91 Å². The molecule has 6 heteroatoms. The SMILES string of the molecule is O=C(O)CCN(C(=O)c1ccc(F)cc1)c1cccc(F)c1. The first kappa shape index (κ1) is 15.6. The Kier molecular flexibility index (Phi) is 4.83. The zero-order valence-electron chi connectivity index (χ0n) is 11.5. The lowest BCUT2D eigenvalue weighted by Crippen LogP contribution is -2.33. The number of nitrogens with zero attached hydrogens (tertiary/aromatic N) is 1. The number of carboxylic acid groups (broad SMARTS) is 1. The van der Waals surface area contributed by atoms with Gasteiger partial charge in [0.2, 0.25) is 0 Å². The molecule has 2 aromatic rings. The van der Waals surface area contributed by atoms with E-state index >= 15 is 0 Å². The fourth-order valence-electron chi connectivity index (χ4n) is 1.95. The Morgan fingerprint density at radius 2 is 1.68 bits per heavy atom. The van der Waals surface area contributed by atoms with Gasteiger partial charge in [-0.25, -0.2) is 8.78 Å². The van der Waals surface area contributed by atoms with Gasteiger partial charge in [-0.2, -0.15) is 0 Å². The van der Waals surface area contributed by atoms with Crippen LogP contribution in [0.5, 0.6) is 0 Å². The zero-order valence-corrected chi connectivity index (χ0v) is 11.5. The van der Waals surface area contributed by atoms with E-state index in [1.165, 1.54) is 30.3 Å². The van der Waals surface area contributed by atoms with Crippen LogP contribution < -0.4 is 4.90 Å². The molecule has 4 nitrogen and oxygen atoms in total. The summed E-state index contributed by atoms with van der Waals surface area (Å²) in [4.78, 5) is 24.4. The number of benzene rings is 2. The number of anilines is 1. The first-order chi connectivity index (χ1) is 10.5. The topological polar surface area (TPSA) is 57.6 Å². The predicted molar refractivity (Wildman–Crippen MR) is 76.7 cm³/mol. The summed E-state index contributed by atoms with van der Waals surface area (Å²) in [5, 5.41) is 8.79. The molecule has 0 aromatic heterocycles. The second kappa shape index (κ2) is 6.80. The van der Waals surface area contributed by atoms with Crippen LogP contribution in [-0.4, -0.2) is 23.5 Å². The molecule has 0 radical (unpaired) electrons. The first-order valence-electron chi connectivity index (χ1n) is 6.52. The number of hydrogen-bond acceptors (Lipinski definition) is 2. The maximum atomic E-state index is 13.3. The summed E-state index contributed by atoms with van der Waals surface area (Å²) in [5.41, 5.74) is 0.437. The summed E-state index contributed by atoms with van der Waals surface area (Å²) in [6.07, 6.45) is -0.288. The van der Waals surface area contributed by atoms with Crippen molar-refractivity contribution >= 4 is 17.6 Å². The number of amides is 1. The van der Waals surface area contributed by atoms with Gasteiger partial charge in [0.15, 0.2) is 0 Å². The van der Waals surface area contributed by atoms with Gasteiger partial charge in [-0.15, -0.1) is 0 Å². The molecule has 0 saturated carbocycles. The fraction of sp³-hybridized carbons (Fsp3) is 0.125. The molecule has 114 valence electrons. The van der Waals surface area contributed by atoms with Gasteiger partial charge < -0.3 is 10.0 Å². The van der Waals surface area contributed by atoms with Crippen LogP contribution in [0.25, 0.3) is 0 Å². The first-order valence-corrected chi connectivity index (χ1v) is 6.52. The highest BCUT2D eigenvalue weighted by Crippen LogP contribution is 2.19. The van der Waals surface area contributed by atoms with Crippen molar-refractivity contribution in [3.63, 3.8) is 0 Å². The van der Waals surface area contributed by atoms with Gasteiger partial charge in [0, 0.05) is 17.8 Å². The maximum absolute atomic E-state index is 13.3. The molecule has 2 aromatic carbocycles. The Hall–Kier alpha value is -2.76. The van der Waals surface area contributed by atoms with Crippen LogP contribution in [0.1, 0.15) is 16.8 Å². The highest BCUT2D eigenvalue weighted by atomic mass is 19.1. The van der Waals surface area contributed by atoms with Crippen molar-refractivity contribution < 1.29 is 23.5 Å². The van der Waals surface area contributed by atoms with Crippen molar-refractivity contribution in [1.82, 2.24) is 0 Å². The van der Waals surface area contributed by atoms with E-state index in [0.717, 1.165) is 23.1 Å². The molecule has 0 fully saturated rings. The van der Waals surface area contributed by atoms with Gasteiger partial charge in [-0.05, 0) is 42.5 Å². The van der Waals surface area contributed by atoms with Crippen molar-refractivity contribution in [1.29, 1.82) is 0 Å². The lowest BCUT2D eigenvalue weighted by atomic mass is 10.1. The number of carboxylic acids is 1. The van der Waals surface area contributed by atoms with Gasteiger partial charge in [0.05, 0.1) is 6.42 Å². The number of rotatable bonds is 5. The Labute approximate surface area is 125 Å². The number of aliphatic carboxylic acids is 1. The summed E-state index contributed by atoms with van der Waals surface area (Å²) < 4.78 is 26.3. The third-order valence-electron chi connectivity index (χ3n) is 3.01. The molecule has 0 unspecified atom stereocenters. The summed E-state index contributed by atoms with van der Waals surface area (Å²) in [5.74, 6) is -2.62. The van der Waals surface area contributed by atoms with Gasteiger partial charge in [-0.1, -0.05) is 6.07 Å². The third kappa shape index (κ3) is 3.88. The third-order valence-corrected chi connectivity index (χ3v) is 3.01. The highest BCUT2D eigenvalue weighted by molar-refractivity contribution is 6.06. The molecule has 0 heterocycles. The van der Waals surface area contributed by atoms with Crippen molar-refractivity contribution in [2.75, 3.05) is 11.4 Å². The lowest BCUT2D eigenvalue weighted by molar-refractivity contribution is -0.136. The van der Waals surface area contributed by atoms with E-state index in [1.807, 2.05) is 0 Å². The molecular formula is C16H13F2NO3. The molecule has 0 spiro atoms. The van der Waals surface area contributed by atoms with E-state index < -0.39 is 23.5 Å². The Morgan fingerprint density at radius 1 is 1.00 bits per heavy atom. The van der Waals surface area contributed by atoms with E-state index in [2.05, 4.69) is 0 Å². The number of hydrogen-bond donors (Lipinski definition) is 1. The van der Waals surface area contributed by atoms with E-state index in [-0.39, 0.29) is 24.2 Å². The van der Waals surface area contributed by atoms with Crippen molar-refractivity contribution in [3.05, 3.63) is 65.7 Å². The quantitative estimate of drug-likeness (QED) is 0.923. The lowest BCUT2D eigenvalue weighted by Gasteiger charge is -2.22. The Balaban J connectivity index is 2.32. The summed E-state index contributed by atoms with van der Waals surface area (Å²) in [6, 6.07) is 10.2. The Morgan fingerprint density at radius 3 is 2.27 bits per heavy atom. The van der Waals surface area contributed by atoms with E-state index in [1.54, 1.807) is 0 Å². The van der Waals surface area contributed by atoms with Crippen molar-refractivity contribution in [3.8, 4) is 0 Å². The molecule has 1 N–H and O–H groups in total. The predicted octanol–water partition coefficient (Wildman–Crippen LogP) is 3.09. The second-order valence-corrected chi connectivity index (χ2v) is 4.59. The molecule has 0 atom stereocenters. The smallest absolute Gasteiger partial charge is 0.305 e. The van der Waals surface area contributed by atoms with Crippen molar-refractivity contribution in [2.24, 2.45) is 0 Å². The van der Waals surface area contributed by atoms with Crippen molar-refractivity contribution in [2.45, 2.75) is 6.42 Å². The molecule has 0 aliphatic heterocycles. The Bertz CT molecular complexity index is 686. The molecule has 0 bridgehead atoms. The average Bonchev–Trinajstić information content (AvgIpc) is 2.48. The number of carbonyl (C=O) groups excluding carboxylic acids is 1. The molecule has 0 saturated heterocycles. The second-order valence-electron chi connectivity index (χ2n) is 4.59. The largest absolute Gasteiger partial charge is 0.481 e. The molecule has 2 rings (SSSR count). The standard InChI is InChI=1S/C16H13F2NO3/c17-12-6-4-11(5-7-12)16(22)19(9-8-15(20)21)14-3-1-2-13(18)10-14/h1-7,10H,8-9H2,(H,20,21). The number of halogens is 2. The zero-order chi connectivity index (χ0) is 16.1. The molecule has 0 aliphatic rings. The minimum atomic E-state index is -1.08. The summed E-state index contributed by atoms with van der Waals surface area (Å²) in [6.45, 7) is -0.116. The normalized spacial score (nSPS) is 10.3. The minimum absolute atomic E-state index is 0.116. The average molecular weight is 305 g/mol. The maximum Gasteiger partial charge on any atom is 0.305 e. The van der Waals surface area contributed by atoms with E-state index in [0.29, 0.717) is 0 Å². The van der Waals surface area contributed by atoms with Crippen LogP contribution >= 0.6 is 0 Å². The van der Waals surface area contributed by atoms with E-state index in [9.17, 15) is 18.4 Å². The monoisotopic (exact) mass is 305 g/mol.